The Morgan fingerprint density at radius 3 is 1.25 bits per heavy atom. The van der Waals surface area contributed by atoms with Crippen molar-refractivity contribution in [3.8, 4) is 0 Å². The van der Waals surface area contributed by atoms with Crippen LogP contribution >= 0.6 is 0 Å². The lowest BCUT2D eigenvalue weighted by molar-refractivity contribution is 0.550. The zero-order valence-corrected chi connectivity index (χ0v) is 14.4. The molecule has 0 heteroatoms. The van der Waals surface area contributed by atoms with Gasteiger partial charge in [-0.05, 0) is 64.2 Å². The first-order chi connectivity index (χ1) is 9.44. The highest BCUT2D eigenvalue weighted by Gasteiger charge is 2.04. The Balaban J connectivity index is 0. The van der Waals surface area contributed by atoms with Gasteiger partial charge >= 0.3 is 0 Å². The maximum atomic E-state index is 3.94. The van der Waals surface area contributed by atoms with Crippen molar-refractivity contribution in [3.05, 3.63) is 49.6 Å². The molecular formula is C20H36. The fourth-order valence-corrected chi connectivity index (χ4v) is 2.24. The predicted octanol–water partition coefficient (Wildman–Crippen LogP) is 7.11. The van der Waals surface area contributed by atoms with Crippen LogP contribution in [0, 0.1) is 11.8 Å². The van der Waals surface area contributed by atoms with Gasteiger partial charge in [-0.3, -0.25) is 0 Å². The maximum Gasteiger partial charge on any atom is -0.0208 e. The minimum Gasteiger partial charge on any atom is -0.103 e. The minimum atomic E-state index is 0.706. The van der Waals surface area contributed by atoms with Crippen LogP contribution in [0.25, 0.3) is 0 Å². The third kappa shape index (κ3) is 12.0. The largest absolute Gasteiger partial charge is 0.103 e. The molecule has 0 radical (unpaired) electrons. The van der Waals surface area contributed by atoms with Gasteiger partial charge in [0.05, 0.1) is 0 Å². The van der Waals surface area contributed by atoms with Crippen molar-refractivity contribution in [2.45, 2.75) is 66.2 Å². The number of rotatable bonds is 10. The van der Waals surface area contributed by atoms with Crippen molar-refractivity contribution in [1.82, 2.24) is 0 Å². The van der Waals surface area contributed by atoms with Gasteiger partial charge < -0.3 is 0 Å². The topological polar surface area (TPSA) is 0 Å². The van der Waals surface area contributed by atoms with Crippen molar-refractivity contribution in [2.75, 3.05) is 0 Å². The molecule has 0 nitrogen and oxygen atoms in total. The monoisotopic (exact) mass is 276 g/mol. The van der Waals surface area contributed by atoms with Gasteiger partial charge in [-0.1, -0.05) is 50.3 Å². The highest BCUT2D eigenvalue weighted by molar-refractivity contribution is 4.96. The molecule has 0 aliphatic heterocycles. The van der Waals surface area contributed by atoms with E-state index in [4.69, 9.17) is 0 Å². The van der Waals surface area contributed by atoms with E-state index in [1.54, 1.807) is 0 Å². The molecular weight excluding hydrogens is 240 g/mol. The summed E-state index contributed by atoms with van der Waals surface area (Å²) in [5.74, 6) is 1.41. The summed E-state index contributed by atoms with van der Waals surface area (Å²) in [6, 6.07) is 0. The second kappa shape index (κ2) is 14.4. The molecule has 0 N–H and O–H groups in total. The molecule has 2 unspecified atom stereocenters. The summed E-state index contributed by atoms with van der Waals surface area (Å²) >= 11 is 0. The van der Waals surface area contributed by atoms with Crippen molar-refractivity contribution < 1.29 is 0 Å². The third-order valence-corrected chi connectivity index (χ3v) is 3.82. The van der Waals surface area contributed by atoms with Crippen LogP contribution in [0.15, 0.2) is 49.6 Å². The van der Waals surface area contributed by atoms with E-state index >= 15 is 0 Å². The van der Waals surface area contributed by atoms with E-state index in [1.807, 2.05) is 12.2 Å². The lowest BCUT2D eigenvalue weighted by Crippen LogP contribution is -1.98. The summed E-state index contributed by atoms with van der Waals surface area (Å²) in [7, 11) is 0. The van der Waals surface area contributed by atoms with Crippen LogP contribution in [0.1, 0.15) is 66.2 Å². The molecule has 0 bridgehead atoms. The van der Waals surface area contributed by atoms with Crippen molar-refractivity contribution in [1.29, 1.82) is 0 Å². The number of allylic oxidation sites excluding steroid dienone is 4. The third-order valence-electron chi connectivity index (χ3n) is 3.82. The van der Waals surface area contributed by atoms with Crippen molar-refractivity contribution >= 4 is 0 Å². The van der Waals surface area contributed by atoms with Gasteiger partial charge in [-0.2, -0.15) is 0 Å². The zero-order valence-electron chi connectivity index (χ0n) is 14.4. The first kappa shape index (κ1) is 21.3. The van der Waals surface area contributed by atoms with Gasteiger partial charge in [0.1, 0.15) is 0 Å². The quantitative estimate of drug-likeness (QED) is 0.373. The van der Waals surface area contributed by atoms with Crippen LogP contribution in [-0.4, -0.2) is 0 Å². The van der Waals surface area contributed by atoms with Crippen LogP contribution in [0.5, 0.6) is 0 Å². The summed E-state index contributed by atoms with van der Waals surface area (Å²) in [5, 5.41) is 0. The van der Waals surface area contributed by atoms with E-state index in [2.05, 4.69) is 54.0 Å². The van der Waals surface area contributed by atoms with Gasteiger partial charge in [0, 0.05) is 0 Å². The van der Waals surface area contributed by atoms with Crippen LogP contribution in [0.3, 0.4) is 0 Å². The highest BCUT2D eigenvalue weighted by Crippen LogP contribution is 2.19. The van der Waals surface area contributed by atoms with Crippen LogP contribution in [0.2, 0.25) is 0 Å². The van der Waals surface area contributed by atoms with Crippen LogP contribution < -0.4 is 0 Å². The SMILES string of the molecule is C=CCCC(CC)C(=C)C.C=CCCC(CC)C(=C)C. The van der Waals surface area contributed by atoms with Gasteiger partial charge in [-0.25, -0.2) is 0 Å². The van der Waals surface area contributed by atoms with Gasteiger partial charge in [0.25, 0.3) is 0 Å². The summed E-state index contributed by atoms with van der Waals surface area (Å²) in [4.78, 5) is 0. The fourth-order valence-electron chi connectivity index (χ4n) is 2.24. The van der Waals surface area contributed by atoms with Crippen molar-refractivity contribution in [3.63, 3.8) is 0 Å². The molecule has 0 rings (SSSR count). The Morgan fingerprint density at radius 1 is 0.800 bits per heavy atom. The number of hydrogen-bond donors (Lipinski definition) is 0. The van der Waals surface area contributed by atoms with E-state index in [0.29, 0.717) is 11.8 Å². The molecule has 20 heavy (non-hydrogen) atoms. The Labute approximate surface area is 128 Å². The smallest absolute Gasteiger partial charge is 0.0208 e. The lowest BCUT2D eigenvalue weighted by atomic mass is 9.94. The predicted molar refractivity (Wildman–Crippen MR) is 96.1 cm³/mol. The fraction of sp³-hybridized carbons (Fsp3) is 0.600. The molecule has 0 saturated carbocycles. The molecule has 0 amide bonds. The van der Waals surface area contributed by atoms with Gasteiger partial charge in [-0.15, -0.1) is 13.2 Å². The molecule has 0 spiro atoms. The summed E-state index contributed by atoms with van der Waals surface area (Å²) < 4.78 is 0. The first-order valence-electron chi connectivity index (χ1n) is 7.96. The molecule has 116 valence electrons. The normalized spacial score (nSPS) is 12.6. The molecule has 0 aromatic carbocycles. The van der Waals surface area contributed by atoms with E-state index in [9.17, 15) is 0 Å². The van der Waals surface area contributed by atoms with E-state index in [-0.39, 0.29) is 0 Å². The molecule has 0 aliphatic rings. The zero-order chi connectivity index (χ0) is 16.0. The first-order valence-corrected chi connectivity index (χ1v) is 7.96. The van der Waals surface area contributed by atoms with Crippen LogP contribution in [-0.2, 0) is 0 Å². The second-order valence-electron chi connectivity index (χ2n) is 5.64. The van der Waals surface area contributed by atoms with E-state index < -0.39 is 0 Å². The summed E-state index contributed by atoms with van der Waals surface area (Å²) in [6.45, 7) is 23.9. The maximum absolute atomic E-state index is 3.94. The summed E-state index contributed by atoms with van der Waals surface area (Å²) in [6.07, 6.45) is 11.0. The minimum absolute atomic E-state index is 0.706. The Morgan fingerprint density at radius 2 is 1.10 bits per heavy atom. The molecule has 0 aromatic rings. The van der Waals surface area contributed by atoms with Gasteiger partial charge in [0.2, 0.25) is 0 Å². The van der Waals surface area contributed by atoms with E-state index in [0.717, 1.165) is 12.8 Å². The molecule has 2 atom stereocenters. The van der Waals surface area contributed by atoms with E-state index in [1.165, 1.54) is 36.8 Å². The molecule has 0 aromatic heterocycles. The second-order valence-corrected chi connectivity index (χ2v) is 5.64. The summed E-state index contributed by atoms with van der Waals surface area (Å²) in [5.41, 5.74) is 2.62. The average molecular weight is 277 g/mol. The molecule has 0 saturated heterocycles. The highest BCUT2D eigenvalue weighted by atomic mass is 14.1. The lowest BCUT2D eigenvalue weighted by Gasteiger charge is -2.12. The molecule has 0 fully saturated rings. The Kier molecular flexibility index (Phi) is 15.3. The van der Waals surface area contributed by atoms with Gasteiger partial charge in [0.15, 0.2) is 0 Å². The molecule has 0 heterocycles. The Bertz CT molecular complexity index is 252. The number of hydrogen-bond acceptors (Lipinski definition) is 0. The average Bonchev–Trinajstić information content (AvgIpc) is 2.40. The van der Waals surface area contributed by atoms with Crippen LogP contribution in [0.4, 0.5) is 0 Å². The standard InChI is InChI=1S/2C10H18/c2*1-5-7-8-10(6-2)9(3)4/h2*5,10H,1,3,6-8H2,2,4H3. The van der Waals surface area contributed by atoms with Crippen molar-refractivity contribution in [2.24, 2.45) is 11.8 Å². The molecule has 0 aliphatic carbocycles. The Hall–Kier alpha value is -1.04.